The van der Waals surface area contributed by atoms with Gasteiger partial charge in [0, 0.05) is 32.4 Å². The minimum Gasteiger partial charge on any atom is -0.497 e. The molecule has 0 saturated heterocycles. The number of methoxy groups -OCH3 is 2. The average molecular weight is 410 g/mol. The Morgan fingerprint density at radius 3 is 2.57 bits per heavy atom. The number of anilines is 1. The van der Waals surface area contributed by atoms with Gasteiger partial charge >= 0.3 is 0 Å². The standard InChI is InChI=1S/C21H26N6O3/c1-13-9-14(24-21(23-13)26(2)3)12-22-20(28)18-11-17(25-27(18)4)16-10-15(29-5)7-8-19(16)30-6/h7-11H,12H2,1-6H3,(H,22,28). The van der Waals surface area contributed by atoms with Gasteiger partial charge in [0.1, 0.15) is 17.2 Å². The van der Waals surface area contributed by atoms with Crippen LogP contribution in [-0.4, -0.2) is 54.0 Å². The van der Waals surface area contributed by atoms with Crippen LogP contribution in [0.3, 0.4) is 0 Å². The van der Waals surface area contributed by atoms with Crippen LogP contribution in [0.5, 0.6) is 11.5 Å². The molecule has 2 aromatic heterocycles. The number of rotatable bonds is 7. The Labute approximate surface area is 175 Å². The van der Waals surface area contributed by atoms with Gasteiger partial charge in [-0.1, -0.05) is 0 Å². The van der Waals surface area contributed by atoms with Crippen molar-refractivity contribution in [2.75, 3.05) is 33.2 Å². The monoisotopic (exact) mass is 410 g/mol. The van der Waals surface area contributed by atoms with E-state index in [1.54, 1.807) is 32.0 Å². The van der Waals surface area contributed by atoms with E-state index >= 15 is 0 Å². The second-order valence-electron chi connectivity index (χ2n) is 6.98. The van der Waals surface area contributed by atoms with E-state index in [4.69, 9.17) is 9.47 Å². The van der Waals surface area contributed by atoms with Crippen molar-refractivity contribution >= 4 is 11.9 Å². The number of hydrogen-bond acceptors (Lipinski definition) is 7. The fourth-order valence-electron chi connectivity index (χ4n) is 2.99. The third-order valence-electron chi connectivity index (χ3n) is 4.52. The molecule has 0 aliphatic heterocycles. The number of hydrogen-bond donors (Lipinski definition) is 1. The molecule has 0 unspecified atom stereocenters. The second kappa shape index (κ2) is 8.81. The van der Waals surface area contributed by atoms with E-state index in [1.807, 2.05) is 50.2 Å². The minimum absolute atomic E-state index is 0.249. The number of ether oxygens (including phenoxy) is 2. The molecule has 9 nitrogen and oxygen atoms in total. The molecule has 0 aliphatic rings. The zero-order valence-electron chi connectivity index (χ0n) is 18.1. The fraction of sp³-hybridized carbons (Fsp3) is 0.333. The topological polar surface area (TPSA) is 94.4 Å². The minimum atomic E-state index is -0.249. The molecular weight excluding hydrogens is 384 g/mol. The molecule has 0 bridgehead atoms. The third-order valence-corrected chi connectivity index (χ3v) is 4.52. The highest BCUT2D eigenvalue weighted by molar-refractivity contribution is 5.93. The van der Waals surface area contributed by atoms with Gasteiger partial charge in [0.25, 0.3) is 5.91 Å². The first kappa shape index (κ1) is 21.1. The molecule has 1 N–H and O–H groups in total. The van der Waals surface area contributed by atoms with Gasteiger partial charge in [-0.15, -0.1) is 0 Å². The van der Waals surface area contributed by atoms with Gasteiger partial charge in [-0.25, -0.2) is 9.97 Å². The maximum atomic E-state index is 12.8. The zero-order chi connectivity index (χ0) is 21.8. The predicted molar refractivity (Wildman–Crippen MR) is 114 cm³/mol. The number of nitrogens with zero attached hydrogens (tertiary/aromatic N) is 5. The van der Waals surface area contributed by atoms with Crippen molar-refractivity contribution in [2.24, 2.45) is 7.05 Å². The van der Waals surface area contributed by atoms with Crippen LogP contribution in [-0.2, 0) is 13.6 Å². The van der Waals surface area contributed by atoms with Crippen LogP contribution in [0, 0.1) is 6.92 Å². The van der Waals surface area contributed by atoms with Crippen molar-refractivity contribution in [2.45, 2.75) is 13.5 Å². The summed E-state index contributed by atoms with van der Waals surface area (Å²) in [6, 6.07) is 9.02. The van der Waals surface area contributed by atoms with E-state index in [0.717, 1.165) is 17.0 Å². The largest absolute Gasteiger partial charge is 0.497 e. The Bertz CT molecular complexity index is 1060. The molecular formula is C21H26N6O3. The quantitative estimate of drug-likeness (QED) is 0.638. The lowest BCUT2D eigenvalue weighted by atomic mass is 10.1. The van der Waals surface area contributed by atoms with Crippen LogP contribution < -0.4 is 19.7 Å². The SMILES string of the molecule is COc1ccc(OC)c(-c2cc(C(=O)NCc3cc(C)nc(N(C)C)n3)n(C)n2)c1. The average Bonchev–Trinajstić information content (AvgIpc) is 3.12. The lowest BCUT2D eigenvalue weighted by Gasteiger charge is -2.12. The number of amides is 1. The van der Waals surface area contributed by atoms with Gasteiger partial charge in [-0.05, 0) is 37.3 Å². The molecule has 2 heterocycles. The summed E-state index contributed by atoms with van der Waals surface area (Å²) in [6.07, 6.45) is 0. The van der Waals surface area contributed by atoms with E-state index in [9.17, 15) is 4.79 Å². The Hall–Kier alpha value is -3.62. The highest BCUT2D eigenvalue weighted by Crippen LogP contribution is 2.32. The first-order valence-electron chi connectivity index (χ1n) is 9.39. The van der Waals surface area contributed by atoms with E-state index in [-0.39, 0.29) is 12.5 Å². The molecule has 0 aliphatic carbocycles. The normalized spacial score (nSPS) is 10.6. The highest BCUT2D eigenvalue weighted by atomic mass is 16.5. The van der Waals surface area contributed by atoms with Gasteiger partial charge in [0.15, 0.2) is 0 Å². The summed E-state index contributed by atoms with van der Waals surface area (Å²) in [5.41, 5.74) is 3.36. The summed E-state index contributed by atoms with van der Waals surface area (Å²) >= 11 is 0. The number of carbonyl (C=O) groups excluding carboxylic acids is 1. The van der Waals surface area contributed by atoms with Gasteiger partial charge in [0.2, 0.25) is 5.95 Å². The summed E-state index contributed by atoms with van der Waals surface area (Å²) < 4.78 is 12.3. The molecule has 1 amide bonds. The summed E-state index contributed by atoms with van der Waals surface area (Å²) in [5.74, 6) is 1.68. The molecule has 0 atom stereocenters. The van der Waals surface area contributed by atoms with Gasteiger partial charge in [0.05, 0.1) is 32.2 Å². The Morgan fingerprint density at radius 2 is 1.90 bits per heavy atom. The molecule has 0 fully saturated rings. The summed E-state index contributed by atoms with van der Waals surface area (Å²) in [7, 11) is 8.67. The van der Waals surface area contributed by atoms with Gasteiger partial charge in [-0.2, -0.15) is 5.10 Å². The van der Waals surface area contributed by atoms with E-state index in [0.29, 0.717) is 28.8 Å². The molecule has 0 saturated carbocycles. The van der Waals surface area contributed by atoms with Crippen molar-refractivity contribution in [3.8, 4) is 22.8 Å². The number of aromatic nitrogens is 4. The summed E-state index contributed by atoms with van der Waals surface area (Å²) in [5, 5.41) is 7.38. The lowest BCUT2D eigenvalue weighted by Crippen LogP contribution is -2.26. The van der Waals surface area contributed by atoms with Gasteiger partial charge in [-0.3, -0.25) is 9.48 Å². The summed E-state index contributed by atoms with van der Waals surface area (Å²) in [6.45, 7) is 2.18. The van der Waals surface area contributed by atoms with Crippen molar-refractivity contribution in [1.82, 2.24) is 25.1 Å². The Balaban J connectivity index is 1.81. The fourth-order valence-corrected chi connectivity index (χ4v) is 2.99. The van der Waals surface area contributed by atoms with Crippen LogP contribution in [0.25, 0.3) is 11.3 Å². The van der Waals surface area contributed by atoms with Crippen molar-refractivity contribution in [3.63, 3.8) is 0 Å². The number of nitrogens with one attached hydrogen (secondary N) is 1. The molecule has 1 aromatic carbocycles. The van der Waals surface area contributed by atoms with Crippen molar-refractivity contribution in [1.29, 1.82) is 0 Å². The molecule has 0 radical (unpaired) electrons. The maximum Gasteiger partial charge on any atom is 0.269 e. The molecule has 3 rings (SSSR count). The molecule has 3 aromatic rings. The summed E-state index contributed by atoms with van der Waals surface area (Å²) in [4.78, 5) is 23.4. The smallest absolute Gasteiger partial charge is 0.269 e. The molecule has 30 heavy (non-hydrogen) atoms. The number of benzene rings is 1. The maximum absolute atomic E-state index is 12.8. The predicted octanol–water partition coefficient (Wildman–Crippen LogP) is 2.20. The number of carbonyl (C=O) groups is 1. The number of aryl methyl sites for hydroxylation is 2. The molecule has 158 valence electrons. The molecule has 9 heteroatoms. The van der Waals surface area contributed by atoms with Crippen LogP contribution in [0.2, 0.25) is 0 Å². The first-order chi connectivity index (χ1) is 14.3. The zero-order valence-corrected chi connectivity index (χ0v) is 18.1. The van der Waals surface area contributed by atoms with Crippen molar-refractivity contribution < 1.29 is 14.3 Å². The van der Waals surface area contributed by atoms with E-state index in [1.165, 1.54) is 0 Å². The Morgan fingerprint density at radius 1 is 1.13 bits per heavy atom. The van der Waals surface area contributed by atoms with Crippen molar-refractivity contribution in [3.05, 3.63) is 47.4 Å². The first-order valence-corrected chi connectivity index (χ1v) is 9.39. The van der Waals surface area contributed by atoms with Gasteiger partial charge < -0.3 is 19.7 Å². The highest BCUT2D eigenvalue weighted by Gasteiger charge is 2.17. The van der Waals surface area contributed by atoms with Crippen LogP contribution in [0.1, 0.15) is 21.9 Å². The van der Waals surface area contributed by atoms with E-state index in [2.05, 4.69) is 20.4 Å². The molecule has 0 spiro atoms. The second-order valence-corrected chi connectivity index (χ2v) is 6.98. The van der Waals surface area contributed by atoms with E-state index < -0.39 is 0 Å². The third kappa shape index (κ3) is 4.51. The van der Waals surface area contributed by atoms with Crippen LogP contribution in [0.15, 0.2) is 30.3 Å². The lowest BCUT2D eigenvalue weighted by molar-refractivity contribution is 0.0941. The Kier molecular flexibility index (Phi) is 6.20. The van der Waals surface area contributed by atoms with Crippen LogP contribution >= 0.6 is 0 Å². The van der Waals surface area contributed by atoms with Crippen LogP contribution in [0.4, 0.5) is 5.95 Å².